The van der Waals surface area contributed by atoms with E-state index in [1.807, 2.05) is 12.2 Å². The zero-order chi connectivity index (χ0) is 23.1. The molecule has 1 amide bonds. The number of carbonyl (C=O) groups is 3. The molecule has 11 heteroatoms. The molecule has 3 N–H and O–H groups in total. The molecule has 2 heterocycles. The van der Waals surface area contributed by atoms with Crippen molar-refractivity contribution in [2.45, 2.75) is 50.8 Å². The lowest BCUT2D eigenvalue weighted by molar-refractivity contribution is -0.192. The van der Waals surface area contributed by atoms with Gasteiger partial charge in [0.2, 0.25) is 5.91 Å². The van der Waals surface area contributed by atoms with Gasteiger partial charge in [-0.15, -0.1) is 0 Å². The molecular weight excluding hydrogens is 421 g/mol. The number of aliphatic carboxylic acids is 2. The molecule has 3 aliphatic rings. The molecule has 0 spiro atoms. The zero-order valence-corrected chi connectivity index (χ0v) is 17.2. The molecule has 0 saturated carbocycles. The largest absolute Gasteiger partial charge is 0.490 e. The second-order valence-electron chi connectivity index (χ2n) is 8.09. The third kappa shape index (κ3) is 6.93. The Hall–Kier alpha value is -2.14. The molecule has 0 aromatic carbocycles. The van der Waals surface area contributed by atoms with Crippen molar-refractivity contribution in [1.82, 2.24) is 10.2 Å². The van der Waals surface area contributed by atoms with Crippen LogP contribution in [0.15, 0.2) is 12.2 Å². The molecule has 1 aliphatic carbocycles. The number of carbonyl (C=O) groups excluding carboxylic acids is 1. The lowest BCUT2D eigenvalue weighted by Gasteiger charge is -2.38. The van der Waals surface area contributed by atoms with E-state index in [0.29, 0.717) is 44.4 Å². The van der Waals surface area contributed by atoms with Gasteiger partial charge in [0.15, 0.2) is 0 Å². The fraction of sp³-hybridized carbons (Fsp3) is 0.750. The highest BCUT2D eigenvalue weighted by Crippen LogP contribution is 2.36. The van der Waals surface area contributed by atoms with Crippen molar-refractivity contribution >= 4 is 17.8 Å². The number of hydrogen-bond acceptors (Lipinski definition) is 5. The number of ether oxygens (including phenoxy) is 1. The number of likely N-dealkylation sites (tertiary alicyclic amines) is 1. The molecule has 2 atom stereocenters. The predicted octanol–water partition coefficient (Wildman–Crippen LogP) is 2.05. The maximum atomic E-state index is 12.9. The van der Waals surface area contributed by atoms with E-state index in [4.69, 9.17) is 14.6 Å². The van der Waals surface area contributed by atoms with Crippen molar-refractivity contribution in [2.75, 3.05) is 32.8 Å². The molecule has 0 bridgehead atoms. The molecule has 31 heavy (non-hydrogen) atoms. The molecule has 8 nitrogen and oxygen atoms in total. The minimum Gasteiger partial charge on any atom is -0.480 e. The van der Waals surface area contributed by atoms with Gasteiger partial charge in [-0.25, -0.2) is 4.79 Å². The predicted molar refractivity (Wildman–Crippen MR) is 103 cm³/mol. The highest BCUT2D eigenvalue weighted by atomic mass is 19.4. The number of alkyl halides is 3. The summed E-state index contributed by atoms with van der Waals surface area (Å²) in [6, 6.07) is 0. The summed E-state index contributed by atoms with van der Waals surface area (Å²) in [5, 5.41) is 20.1. The number of rotatable bonds is 5. The van der Waals surface area contributed by atoms with Gasteiger partial charge in [-0.3, -0.25) is 9.59 Å². The van der Waals surface area contributed by atoms with Gasteiger partial charge in [0.25, 0.3) is 0 Å². The van der Waals surface area contributed by atoms with E-state index in [1.54, 1.807) is 4.90 Å². The van der Waals surface area contributed by atoms with Crippen molar-refractivity contribution in [1.29, 1.82) is 0 Å². The van der Waals surface area contributed by atoms with Gasteiger partial charge in [0, 0.05) is 26.2 Å². The van der Waals surface area contributed by atoms with Crippen LogP contribution >= 0.6 is 0 Å². The summed E-state index contributed by atoms with van der Waals surface area (Å²) in [6.07, 6.45) is 3.32. The number of hydrogen-bond donors (Lipinski definition) is 3. The number of carboxylic acids is 2. The first kappa shape index (κ1) is 25.1. The van der Waals surface area contributed by atoms with E-state index in [0.717, 1.165) is 39.0 Å². The van der Waals surface area contributed by atoms with Crippen molar-refractivity contribution in [3.8, 4) is 0 Å². The van der Waals surface area contributed by atoms with E-state index in [-0.39, 0.29) is 5.91 Å². The van der Waals surface area contributed by atoms with Crippen molar-refractivity contribution in [2.24, 2.45) is 11.3 Å². The number of halogens is 3. The number of nitrogens with one attached hydrogen (secondary N) is 1. The fourth-order valence-electron chi connectivity index (χ4n) is 3.96. The van der Waals surface area contributed by atoms with Crippen LogP contribution in [0.5, 0.6) is 0 Å². The molecule has 2 saturated heterocycles. The Labute approximate surface area is 178 Å². The average Bonchev–Trinajstić information content (AvgIpc) is 3.26. The van der Waals surface area contributed by atoms with Gasteiger partial charge in [0.05, 0.1) is 6.10 Å². The summed E-state index contributed by atoms with van der Waals surface area (Å²) >= 11 is 0. The second-order valence-corrected chi connectivity index (χ2v) is 8.09. The molecule has 2 fully saturated rings. The van der Waals surface area contributed by atoms with Crippen LogP contribution < -0.4 is 5.32 Å². The van der Waals surface area contributed by atoms with Gasteiger partial charge in [-0.05, 0) is 51.0 Å². The minimum absolute atomic E-state index is 0.196. The Kier molecular flexibility index (Phi) is 8.87. The number of allylic oxidation sites excluding steroid dienone is 2. The van der Waals surface area contributed by atoms with Gasteiger partial charge in [-0.2, -0.15) is 13.2 Å². The Balaban J connectivity index is 0.000000423. The molecule has 2 aliphatic heterocycles. The monoisotopic (exact) mass is 450 g/mol. The number of nitrogens with zero attached hydrogens (tertiary/aromatic N) is 1. The molecule has 176 valence electrons. The van der Waals surface area contributed by atoms with E-state index in [9.17, 15) is 27.9 Å². The van der Waals surface area contributed by atoms with E-state index >= 15 is 0 Å². The van der Waals surface area contributed by atoms with E-state index in [1.165, 1.54) is 0 Å². The lowest BCUT2D eigenvalue weighted by atomic mass is 9.75. The Morgan fingerprint density at radius 2 is 1.77 bits per heavy atom. The van der Waals surface area contributed by atoms with Crippen LogP contribution in [-0.4, -0.2) is 78.0 Å². The third-order valence-corrected chi connectivity index (χ3v) is 5.92. The van der Waals surface area contributed by atoms with E-state index < -0.39 is 23.5 Å². The van der Waals surface area contributed by atoms with Gasteiger partial charge >= 0.3 is 18.1 Å². The van der Waals surface area contributed by atoms with Crippen LogP contribution in [0.1, 0.15) is 38.5 Å². The molecule has 2 unspecified atom stereocenters. The lowest BCUT2D eigenvalue weighted by Crippen LogP contribution is -2.51. The molecule has 3 rings (SSSR count). The second kappa shape index (κ2) is 10.9. The molecule has 0 aromatic heterocycles. The standard InChI is InChI=1S/C18H28N2O4.C2HF3O2/c21-16(18(17(22)23)7-2-1-3-8-18)20-10-5-14(6-11-20)13-24-15-4-9-19-12-15;3-2(4,5)1(6)7/h1-2,14-15,19H,3-13H2,(H,22,23);(H,6,7). The molecule has 0 radical (unpaired) electrons. The van der Waals surface area contributed by atoms with Crippen LogP contribution in [0.2, 0.25) is 0 Å². The maximum Gasteiger partial charge on any atom is 0.490 e. The molecular formula is C20H29F3N2O6. The third-order valence-electron chi connectivity index (χ3n) is 5.92. The minimum atomic E-state index is -5.08. The fourth-order valence-corrected chi connectivity index (χ4v) is 3.96. The van der Waals surface area contributed by atoms with E-state index in [2.05, 4.69) is 5.32 Å². The number of carboxylic acid groups (broad SMARTS) is 2. The SMILES string of the molecule is O=C(O)C(F)(F)F.O=C(O)C1(C(=O)N2CCC(COC3CCNC3)CC2)CC=CCC1. The number of piperidine rings is 1. The van der Waals surface area contributed by atoms with Gasteiger partial charge in [-0.1, -0.05) is 12.2 Å². The van der Waals surface area contributed by atoms with Crippen molar-refractivity contribution < 1.29 is 42.5 Å². The summed E-state index contributed by atoms with van der Waals surface area (Å²) in [4.78, 5) is 35.3. The maximum absolute atomic E-state index is 12.9. The quantitative estimate of drug-likeness (QED) is 0.434. The Morgan fingerprint density at radius 3 is 2.23 bits per heavy atom. The highest BCUT2D eigenvalue weighted by molar-refractivity contribution is 6.02. The Bertz CT molecular complexity index is 670. The summed E-state index contributed by atoms with van der Waals surface area (Å²) in [5.74, 6) is -3.45. The van der Waals surface area contributed by atoms with Crippen LogP contribution in [0.4, 0.5) is 13.2 Å². The first-order valence-electron chi connectivity index (χ1n) is 10.4. The average molecular weight is 450 g/mol. The smallest absolute Gasteiger partial charge is 0.480 e. The Morgan fingerprint density at radius 1 is 1.13 bits per heavy atom. The summed E-state index contributed by atoms with van der Waals surface area (Å²) in [7, 11) is 0. The summed E-state index contributed by atoms with van der Waals surface area (Å²) < 4.78 is 37.7. The van der Waals surface area contributed by atoms with Crippen LogP contribution in [0.3, 0.4) is 0 Å². The van der Waals surface area contributed by atoms with Crippen LogP contribution in [-0.2, 0) is 19.1 Å². The first-order chi connectivity index (χ1) is 14.6. The van der Waals surface area contributed by atoms with Crippen molar-refractivity contribution in [3.05, 3.63) is 12.2 Å². The highest BCUT2D eigenvalue weighted by Gasteiger charge is 2.48. The van der Waals surface area contributed by atoms with Crippen LogP contribution in [0, 0.1) is 11.3 Å². The zero-order valence-electron chi connectivity index (χ0n) is 17.2. The number of amides is 1. The van der Waals surface area contributed by atoms with Crippen LogP contribution in [0.25, 0.3) is 0 Å². The summed E-state index contributed by atoms with van der Waals surface area (Å²) in [5.41, 5.74) is -1.24. The van der Waals surface area contributed by atoms with Gasteiger partial charge < -0.3 is 25.2 Å². The summed E-state index contributed by atoms with van der Waals surface area (Å²) in [6.45, 7) is 4.01. The normalized spacial score (nSPS) is 26.8. The molecule has 0 aromatic rings. The van der Waals surface area contributed by atoms with Crippen molar-refractivity contribution in [3.63, 3.8) is 0 Å². The first-order valence-corrected chi connectivity index (χ1v) is 10.4. The van der Waals surface area contributed by atoms with Gasteiger partial charge in [0.1, 0.15) is 5.41 Å². The topological polar surface area (TPSA) is 116 Å².